The van der Waals surface area contributed by atoms with E-state index in [1.165, 1.54) is 6.20 Å². The van der Waals surface area contributed by atoms with Crippen molar-refractivity contribution < 1.29 is 14.3 Å². The number of aromatic nitrogens is 1. The summed E-state index contributed by atoms with van der Waals surface area (Å²) in [7, 11) is 0. The number of carbonyl (C=O) groups is 1. The average molecular weight is 219 g/mol. The first-order valence-corrected chi connectivity index (χ1v) is 4.17. The monoisotopic (exact) mass is 218 g/mol. The summed E-state index contributed by atoms with van der Waals surface area (Å²) in [6.07, 6.45) is 0.988. The first kappa shape index (κ1) is 10.9. The summed E-state index contributed by atoms with van der Waals surface area (Å²) in [6.45, 7) is 0. The van der Waals surface area contributed by atoms with Crippen molar-refractivity contribution in [2.75, 3.05) is 0 Å². The number of halogens is 2. The van der Waals surface area contributed by atoms with E-state index in [0.29, 0.717) is 5.56 Å². The molecular formula is C8H8ClFN2O2. The van der Waals surface area contributed by atoms with Crippen LogP contribution in [0.2, 0.25) is 5.15 Å². The Labute approximate surface area is 84.5 Å². The van der Waals surface area contributed by atoms with E-state index in [1.54, 1.807) is 0 Å². The van der Waals surface area contributed by atoms with Gasteiger partial charge in [0.25, 0.3) is 0 Å². The standard InChI is InChI=1S/C8H8ClFN2O2/c9-8-5(10)1-4(3-12-8)6(11)2-7(13)14/h1,3,6H,2,11H2,(H,13,14)/t6-/m0/s1. The maximum absolute atomic E-state index is 12.9. The van der Waals surface area contributed by atoms with E-state index >= 15 is 0 Å². The van der Waals surface area contributed by atoms with Gasteiger partial charge in [-0.05, 0) is 11.6 Å². The van der Waals surface area contributed by atoms with E-state index < -0.39 is 17.8 Å². The van der Waals surface area contributed by atoms with Crippen LogP contribution in [-0.4, -0.2) is 16.1 Å². The molecule has 0 aromatic carbocycles. The van der Waals surface area contributed by atoms with Crippen molar-refractivity contribution >= 4 is 17.6 Å². The van der Waals surface area contributed by atoms with Gasteiger partial charge in [-0.2, -0.15) is 0 Å². The minimum Gasteiger partial charge on any atom is -0.481 e. The Morgan fingerprint density at radius 2 is 2.43 bits per heavy atom. The van der Waals surface area contributed by atoms with Gasteiger partial charge in [-0.3, -0.25) is 4.79 Å². The molecule has 1 aromatic rings. The molecule has 1 aromatic heterocycles. The second-order valence-electron chi connectivity index (χ2n) is 2.75. The number of rotatable bonds is 3. The lowest BCUT2D eigenvalue weighted by atomic mass is 10.1. The van der Waals surface area contributed by atoms with E-state index in [2.05, 4.69) is 4.98 Å². The maximum atomic E-state index is 12.9. The Hall–Kier alpha value is -1.20. The van der Waals surface area contributed by atoms with E-state index in [4.69, 9.17) is 22.4 Å². The molecule has 0 amide bonds. The second kappa shape index (κ2) is 4.34. The summed E-state index contributed by atoms with van der Waals surface area (Å²) < 4.78 is 12.9. The fraction of sp³-hybridized carbons (Fsp3) is 0.250. The Morgan fingerprint density at radius 1 is 1.79 bits per heavy atom. The first-order chi connectivity index (χ1) is 6.50. The van der Waals surface area contributed by atoms with Crippen LogP contribution in [0.3, 0.4) is 0 Å². The number of nitrogens with two attached hydrogens (primary N) is 1. The number of carboxylic acid groups (broad SMARTS) is 1. The summed E-state index contributed by atoms with van der Waals surface area (Å²) >= 11 is 5.35. The Morgan fingerprint density at radius 3 is 2.93 bits per heavy atom. The van der Waals surface area contributed by atoms with Crippen molar-refractivity contribution in [2.45, 2.75) is 12.5 Å². The van der Waals surface area contributed by atoms with Gasteiger partial charge in [0.1, 0.15) is 0 Å². The van der Waals surface area contributed by atoms with Crippen LogP contribution in [-0.2, 0) is 4.79 Å². The quantitative estimate of drug-likeness (QED) is 0.751. The fourth-order valence-corrected chi connectivity index (χ4v) is 1.05. The summed E-state index contributed by atoms with van der Waals surface area (Å²) in [5.74, 6) is -1.75. The molecule has 1 heterocycles. The molecule has 0 fully saturated rings. The highest BCUT2D eigenvalue weighted by atomic mass is 35.5. The Balaban J connectivity index is 2.85. The largest absolute Gasteiger partial charge is 0.481 e. The molecule has 0 spiro atoms. The van der Waals surface area contributed by atoms with Gasteiger partial charge in [0.2, 0.25) is 0 Å². The van der Waals surface area contributed by atoms with Crippen LogP contribution in [0.1, 0.15) is 18.0 Å². The number of aliphatic carboxylic acids is 1. The van der Waals surface area contributed by atoms with Crippen LogP contribution in [0.15, 0.2) is 12.3 Å². The lowest BCUT2D eigenvalue weighted by molar-refractivity contribution is -0.137. The predicted molar refractivity (Wildman–Crippen MR) is 48.4 cm³/mol. The molecule has 1 atom stereocenters. The van der Waals surface area contributed by atoms with Crippen LogP contribution in [0.4, 0.5) is 4.39 Å². The van der Waals surface area contributed by atoms with Gasteiger partial charge in [-0.1, -0.05) is 11.6 Å². The lowest BCUT2D eigenvalue weighted by Gasteiger charge is -2.08. The zero-order valence-corrected chi connectivity index (χ0v) is 7.83. The van der Waals surface area contributed by atoms with Crippen LogP contribution in [0.25, 0.3) is 0 Å². The third-order valence-corrected chi connectivity index (χ3v) is 1.92. The predicted octanol–water partition coefficient (Wildman–Crippen LogP) is 1.35. The highest BCUT2D eigenvalue weighted by Crippen LogP contribution is 2.18. The van der Waals surface area contributed by atoms with E-state index in [1.807, 2.05) is 0 Å². The summed E-state index contributed by atoms with van der Waals surface area (Å²) in [4.78, 5) is 13.8. The van der Waals surface area contributed by atoms with Gasteiger partial charge >= 0.3 is 5.97 Å². The van der Waals surface area contributed by atoms with E-state index in [9.17, 15) is 9.18 Å². The molecule has 0 saturated heterocycles. The molecular weight excluding hydrogens is 211 g/mol. The average Bonchev–Trinajstić information content (AvgIpc) is 2.08. The Bertz CT molecular complexity index is 359. The fourth-order valence-electron chi connectivity index (χ4n) is 0.945. The SMILES string of the molecule is N[C@@H](CC(=O)O)c1cnc(Cl)c(F)c1. The van der Waals surface area contributed by atoms with Crippen LogP contribution in [0, 0.1) is 5.82 Å². The van der Waals surface area contributed by atoms with Gasteiger partial charge in [-0.25, -0.2) is 9.37 Å². The molecule has 0 saturated carbocycles. The molecule has 0 aliphatic carbocycles. The Kier molecular flexibility index (Phi) is 3.38. The number of hydrogen-bond acceptors (Lipinski definition) is 3. The number of nitrogens with zero attached hydrogens (tertiary/aromatic N) is 1. The molecule has 76 valence electrons. The van der Waals surface area contributed by atoms with Crippen molar-refractivity contribution in [2.24, 2.45) is 5.73 Å². The van der Waals surface area contributed by atoms with E-state index in [-0.39, 0.29) is 11.6 Å². The molecule has 1 rings (SSSR count). The summed E-state index contributed by atoms with van der Waals surface area (Å²) in [5.41, 5.74) is 5.80. The van der Waals surface area contributed by atoms with Gasteiger partial charge in [0, 0.05) is 12.2 Å². The van der Waals surface area contributed by atoms with Crippen LogP contribution < -0.4 is 5.73 Å². The molecule has 0 unspecified atom stereocenters. The molecule has 6 heteroatoms. The molecule has 0 radical (unpaired) electrons. The van der Waals surface area contributed by atoms with Crippen LogP contribution >= 0.6 is 11.6 Å². The van der Waals surface area contributed by atoms with Crippen molar-refractivity contribution in [3.8, 4) is 0 Å². The van der Waals surface area contributed by atoms with Crippen molar-refractivity contribution in [3.05, 3.63) is 28.8 Å². The number of carboxylic acids is 1. The topological polar surface area (TPSA) is 76.2 Å². The second-order valence-corrected chi connectivity index (χ2v) is 3.10. The minimum atomic E-state index is -1.05. The number of hydrogen-bond donors (Lipinski definition) is 2. The van der Waals surface area contributed by atoms with Crippen molar-refractivity contribution in [1.29, 1.82) is 0 Å². The molecule has 0 aliphatic heterocycles. The van der Waals surface area contributed by atoms with Gasteiger partial charge in [0.05, 0.1) is 6.42 Å². The summed E-state index contributed by atoms with van der Waals surface area (Å²) in [5, 5.41) is 8.20. The van der Waals surface area contributed by atoms with Crippen molar-refractivity contribution in [1.82, 2.24) is 4.98 Å². The highest BCUT2D eigenvalue weighted by Gasteiger charge is 2.12. The maximum Gasteiger partial charge on any atom is 0.305 e. The van der Waals surface area contributed by atoms with E-state index in [0.717, 1.165) is 6.07 Å². The minimum absolute atomic E-state index is 0.253. The van der Waals surface area contributed by atoms with Crippen LogP contribution in [0.5, 0.6) is 0 Å². The normalized spacial score (nSPS) is 12.5. The molecule has 4 nitrogen and oxygen atoms in total. The lowest BCUT2D eigenvalue weighted by Crippen LogP contribution is -2.15. The zero-order chi connectivity index (χ0) is 10.7. The van der Waals surface area contributed by atoms with Gasteiger partial charge < -0.3 is 10.8 Å². The third-order valence-electron chi connectivity index (χ3n) is 1.64. The first-order valence-electron chi connectivity index (χ1n) is 3.79. The highest BCUT2D eigenvalue weighted by molar-refractivity contribution is 6.29. The van der Waals surface area contributed by atoms with Crippen molar-refractivity contribution in [3.63, 3.8) is 0 Å². The molecule has 14 heavy (non-hydrogen) atoms. The summed E-state index contributed by atoms with van der Waals surface area (Å²) in [6, 6.07) is 0.315. The zero-order valence-electron chi connectivity index (χ0n) is 7.08. The third kappa shape index (κ3) is 2.65. The number of pyridine rings is 1. The molecule has 0 bridgehead atoms. The molecule has 3 N–H and O–H groups in total. The van der Waals surface area contributed by atoms with Gasteiger partial charge in [-0.15, -0.1) is 0 Å². The smallest absolute Gasteiger partial charge is 0.305 e. The molecule has 0 aliphatic rings. The van der Waals surface area contributed by atoms with Gasteiger partial charge in [0.15, 0.2) is 11.0 Å².